The molecule has 2 aromatic heterocycles. The molecule has 0 saturated carbocycles. The monoisotopic (exact) mass is 339 g/mol. The maximum Gasteiger partial charge on any atom is 0.246 e. The molecule has 0 unspecified atom stereocenters. The number of benzene rings is 1. The maximum atomic E-state index is 13.3. The summed E-state index contributed by atoms with van der Waals surface area (Å²) < 4.78 is 18.6. The lowest BCUT2D eigenvalue weighted by Crippen LogP contribution is -2.24. The molecule has 0 spiro atoms. The van der Waals surface area contributed by atoms with Gasteiger partial charge in [0.2, 0.25) is 5.91 Å². The van der Waals surface area contributed by atoms with Crippen LogP contribution in [0.1, 0.15) is 11.3 Å². The molecule has 0 fully saturated rings. The third-order valence-electron chi connectivity index (χ3n) is 3.56. The van der Waals surface area contributed by atoms with E-state index in [9.17, 15) is 14.0 Å². The number of carbonyl (C=O) groups is 1. The third-order valence-corrected chi connectivity index (χ3v) is 3.56. The molecule has 1 amide bonds. The van der Waals surface area contributed by atoms with Crippen LogP contribution < -0.4 is 5.43 Å². The van der Waals surface area contributed by atoms with Gasteiger partial charge in [-0.3, -0.25) is 19.6 Å². The zero-order valence-corrected chi connectivity index (χ0v) is 13.3. The van der Waals surface area contributed by atoms with E-state index in [4.69, 9.17) is 4.42 Å². The van der Waals surface area contributed by atoms with Gasteiger partial charge in [-0.25, -0.2) is 4.39 Å². The highest BCUT2D eigenvalue weighted by Crippen LogP contribution is 2.13. The molecule has 0 atom stereocenters. The molecule has 0 saturated heterocycles. The van der Waals surface area contributed by atoms with Crippen molar-refractivity contribution in [1.29, 1.82) is 0 Å². The highest BCUT2D eigenvalue weighted by Gasteiger charge is 2.09. The average molecular weight is 339 g/mol. The first-order chi connectivity index (χ1) is 12.0. The molecular formula is C18H14FN3O3. The van der Waals surface area contributed by atoms with Crippen molar-refractivity contribution >= 4 is 23.0 Å². The van der Waals surface area contributed by atoms with E-state index >= 15 is 0 Å². The van der Waals surface area contributed by atoms with Crippen molar-refractivity contribution in [2.75, 3.05) is 7.05 Å². The lowest BCUT2D eigenvalue weighted by atomic mass is 10.1. The fourth-order valence-corrected chi connectivity index (χ4v) is 2.25. The predicted octanol–water partition coefficient (Wildman–Crippen LogP) is 2.39. The van der Waals surface area contributed by atoms with Crippen molar-refractivity contribution in [1.82, 2.24) is 14.9 Å². The van der Waals surface area contributed by atoms with Gasteiger partial charge in [0.25, 0.3) is 0 Å². The van der Waals surface area contributed by atoms with Gasteiger partial charge < -0.3 is 9.32 Å². The quantitative estimate of drug-likeness (QED) is 0.682. The van der Waals surface area contributed by atoms with E-state index in [1.807, 2.05) is 0 Å². The summed E-state index contributed by atoms with van der Waals surface area (Å²) in [5.41, 5.74) is 0.697. The van der Waals surface area contributed by atoms with E-state index in [2.05, 4.69) is 9.97 Å². The van der Waals surface area contributed by atoms with E-state index in [1.165, 1.54) is 35.4 Å². The summed E-state index contributed by atoms with van der Waals surface area (Å²) in [7, 11) is 1.61. The zero-order chi connectivity index (χ0) is 17.8. The van der Waals surface area contributed by atoms with Gasteiger partial charge in [0.05, 0.1) is 29.4 Å². The van der Waals surface area contributed by atoms with Gasteiger partial charge in [-0.05, 0) is 24.3 Å². The molecule has 7 heteroatoms. The van der Waals surface area contributed by atoms with Crippen molar-refractivity contribution in [2.24, 2.45) is 0 Å². The molecule has 126 valence electrons. The minimum Gasteiger partial charge on any atom is -0.463 e. The molecule has 0 bridgehead atoms. The van der Waals surface area contributed by atoms with Crippen LogP contribution in [0.3, 0.4) is 0 Å². The van der Waals surface area contributed by atoms with E-state index in [0.29, 0.717) is 5.69 Å². The van der Waals surface area contributed by atoms with E-state index in [1.54, 1.807) is 25.6 Å². The first-order valence-corrected chi connectivity index (χ1v) is 7.44. The Bertz CT molecular complexity index is 999. The van der Waals surface area contributed by atoms with Gasteiger partial charge in [-0.1, -0.05) is 0 Å². The van der Waals surface area contributed by atoms with Crippen LogP contribution in [0.15, 0.2) is 58.3 Å². The number of rotatable bonds is 4. The Morgan fingerprint density at radius 1 is 1.36 bits per heavy atom. The second kappa shape index (κ2) is 7.04. The summed E-state index contributed by atoms with van der Waals surface area (Å²) in [6.07, 6.45) is 8.52. The molecule has 1 aromatic carbocycles. The lowest BCUT2D eigenvalue weighted by Gasteiger charge is -2.13. The molecule has 25 heavy (non-hydrogen) atoms. The Kier molecular flexibility index (Phi) is 4.65. The SMILES string of the molecule is CN(Cc1cnccn1)C(=O)/C=C/c1coc2ccc(F)cc2c1=O. The summed E-state index contributed by atoms with van der Waals surface area (Å²) in [5, 5.41) is 0.127. The Labute approximate surface area is 142 Å². The number of hydrogen-bond donors (Lipinski definition) is 0. The van der Waals surface area contributed by atoms with Gasteiger partial charge in [0.15, 0.2) is 5.43 Å². The Morgan fingerprint density at radius 2 is 2.20 bits per heavy atom. The number of fused-ring (bicyclic) bond motifs is 1. The summed E-state index contributed by atoms with van der Waals surface area (Å²) in [5.74, 6) is -0.842. The molecule has 3 aromatic rings. The fourth-order valence-electron chi connectivity index (χ4n) is 2.25. The first kappa shape index (κ1) is 16.5. The van der Waals surface area contributed by atoms with Crippen LogP contribution in [-0.4, -0.2) is 27.8 Å². The van der Waals surface area contributed by atoms with E-state index in [-0.39, 0.29) is 29.0 Å². The van der Waals surface area contributed by atoms with Crippen molar-refractivity contribution in [2.45, 2.75) is 6.54 Å². The van der Waals surface area contributed by atoms with Crippen molar-refractivity contribution in [3.05, 3.63) is 76.4 Å². The van der Waals surface area contributed by atoms with Crippen LogP contribution in [-0.2, 0) is 11.3 Å². The van der Waals surface area contributed by atoms with Crippen molar-refractivity contribution in [3.63, 3.8) is 0 Å². The molecule has 6 nitrogen and oxygen atoms in total. The van der Waals surface area contributed by atoms with Crippen molar-refractivity contribution < 1.29 is 13.6 Å². The molecular weight excluding hydrogens is 325 g/mol. The molecule has 3 rings (SSSR count). The Hall–Kier alpha value is -3.35. The number of nitrogens with zero attached hydrogens (tertiary/aromatic N) is 3. The lowest BCUT2D eigenvalue weighted by molar-refractivity contribution is -0.125. The van der Waals surface area contributed by atoms with Gasteiger partial charge in [0.1, 0.15) is 17.7 Å². The van der Waals surface area contributed by atoms with Crippen LogP contribution in [0.4, 0.5) is 4.39 Å². The molecule has 0 aliphatic carbocycles. The second-order valence-electron chi connectivity index (χ2n) is 5.39. The molecule has 0 radical (unpaired) electrons. The third kappa shape index (κ3) is 3.77. The molecule has 0 aliphatic rings. The molecule has 0 N–H and O–H groups in total. The van der Waals surface area contributed by atoms with Crippen LogP contribution in [0, 0.1) is 5.82 Å². The minimum absolute atomic E-state index is 0.127. The standard InChI is InChI=1S/C18H14FN3O3/c1-22(10-14-9-20-6-7-21-14)17(23)5-2-12-11-25-16-4-3-13(19)8-15(16)18(12)24/h2-9,11H,10H2,1H3/b5-2+. The van der Waals surface area contributed by atoms with Crippen LogP contribution >= 0.6 is 0 Å². The summed E-state index contributed by atoms with van der Waals surface area (Å²) >= 11 is 0. The predicted molar refractivity (Wildman–Crippen MR) is 90.0 cm³/mol. The number of halogens is 1. The van der Waals surface area contributed by atoms with Crippen LogP contribution in [0.25, 0.3) is 17.0 Å². The highest BCUT2D eigenvalue weighted by atomic mass is 19.1. The van der Waals surface area contributed by atoms with E-state index < -0.39 is 11.2 Å². The Balaban J connectivity index is 1.79. The molecule has 2 heterocycles. The van der Waals surface area contributed by atoms with Crippen LogP contribution in [0.2, 0.25) is 0 Å². The average Bonchev–Trinajstić information content (AvgIpc) is 2.62. The molecule has 0 aliphatic heterocycles. The first-order valence-electron chi connectivity index (χ1n) is 7.44. The van der Waals surface area contributed by atoms with E-state index in [0.717, 1.165) is 6.07 Å². The van der Waals surface area contributed by atoms with Crippen molar-refractivity contribution in [3.8, 4) is 0 Å². The maximum absolute atomic E-state index is 13.3. The normalized spacial score (nSPS) is 11.1. The summed E-state index contributed by atoms with van der Waals surface area (Å²) in [6, 6.07) is 3.71. The number of amides is 1. The highest BCUT2D eigenvalue weighted by molar-refractivity contribution is 5.92. The largest absolute Gasteiger partial charge is 0.463 e. The second-order valence-corrected chi connectivity index (χ2v) is 5.39. The van der Waals surface area contributed by atoms with Gasteiger partial charge >= 0.3 is 0 Å². The minimum atomic E-state index is -0.527. The summed E-state index contributed by atoms with van der Waals surface area (Å²) in [4.78, 5) is 33.9. The zero-order valence-electron chi connectivity index (χ0n) is 13.3. The van der Waals surface area contributed by atoms with Gasteiger partial charge in [-0.2, -0.15) is 0 Å². The summed E-state index contributed by atoms with van der Waals surface area (Å²) in [6.45, 7) is 0.286. The number of aromatic nitrogens is 2. The van der Waals surface area contributed by atoms with Gasteiger partial charge in [-0.15, -0.1) is 0 Å². The Morgan fingerprint density at radius 3 is 2.96 bits per heavy atom. The van der Waals surface area contributed by atoms with Crippen LogP contribution in [0.5, 0.6) is 0 Å². The van der Waals surface area contributed by atoms with Gasteiger partial charge in [0, 0.05) is 25.5 Å². The fraction of sp³-hybridized carbons (Fsp3) is 0.111. The number of hydrogen-bond acceptors (Lipinski definition) is 5. The number of carbonyl (C=O) groups excluding carboxylic acids is 1. The topological polar surface area (TPSA) is 76.3 Å². The smallest absolute Gasteiger partial charge is 0.246 e. The number of likely N-dealkylation sites (N-methyl/N-ethyl adjacent to an activating group) is 1.